The zero-order chi connectivity index (χ0) is 21.1. The standard InChI is InChI=1S/C24H21IN2O3/c1-30-22-8-7-16(23(28)15-5-3-2-4-6-15)12-20(22)24(29)27-18-11-17-14-26-10-9-19(17)21(25)13-18/h2-8,11-13,26H,9-10,14H2,1H3,(H,27,29). The van der Waals surface area contributed by atoms with Crippen LogP contribution in [-0.4, -0.2) is 25.3 Å². The maximum absolute atomic E-state index is 13.1. The van der Waals surface area contributed by atoms with Gasteiger partial charge in [0.15, 0.2) is 5.78 Å². The molecule has 152 valence electrons. The minimum absolute atomic E-state index is 0.137. The summed E-state index contributed by atoms with van der Waals surface area (Å²) in [5.41, 5.74) is 4.60. The molecule has 0 atom stereocenters. The number of fused-ring (bicyclic) bond motifs is 1. The lowest BCUT2D eigenvalue weighted by Crippen LogP contribution is -2.25. The molecule has 0 unspecified atom stereocenters. The number of nitrogens with one attached hydrogen (secondary N) is 2. The number of methoxy groups -OCH3 is 1. The number of benzene rings is 3. The Labute approximate surface area is 189 Å². The third kappa shape index (κ3) is 4.24. The Balaban J connectivity index is 1.63. The normalized spacial score (nSPS) is 12.7. The fraction of sp³-hybridized carbons (Fsp3) is 0.167. The molecule has 3 aromatic rings. The van der Waals surface area contributed by atoms with Gasteiger partial charge in [-0.3, -0.25) is 9.59 Å². The summed E-state index contributed by atoms with van der Waals surface area (Å²) in [6.07, 6.45) is 0.985. The van der Waals surface area contributed by atoms with Gasteiger partial charge in [-0.1, -0.05) is 30.3 Å². The number of halogens is 1. The number of ketones is 1. The summed E-state index contributed by atoms with van der Waals surface area (Å²) >= 11 is 2.32. The van der Waals surface area contributed by atoms with Gasteiger partial charge in [-0.25, -0.2) is 0 Å². The number of amides is 1. The van der Waals surface area contributed by atoms with E-state index in [0.717, 1.165) is 28.8 Å². The fourth-order valence-electron chi connectivity index (χ4n) is 3.62. The smallest absolute Gasteiger partial charge is 0.259 e. The van der Waals surface area contributed by atoms with Gasteiger partial charge in [-0.15, -0.1) is 0 Å². The van der Waals surface area contributed by atoms with Crippen LogP contribution in [0.3, 0.4) is 0 Å². The third-order valence-corrected chi connectivity index (χ3v) is 6.12. The Bertz CT molecular complexity index is 1110. The second-order valence-corrected chi connectivity index (χ2v) is 8.25. The molecular formula is C24H21IN2O3. The van der Waals surface area contributed by atoms with Crippen LogP contribution in [0.15, 0.2) is 60.7 Å². The molecule has 2 N–H and O–H groups in total. The Morgan fingerprint density at radius 3 is 2.60 bits per heavy atom. The lowest BCUT2D eigenvalue weighted by atomic mass is 9.99. The third-order valence-electron chi connectivity index (χ3n) is 5.16. The predicted octanol–water partition coefficient (Wildman–Crippen LogP) is 4.43. The number of anilines is 1. The van der Waals surface area contributed by atoms with Crippen LogP contribution in [0.4, 0.5) is 5.69 Å². The van der Waals surface area contributed by atoms with Crippen LogP contribution >= 0.6 is 22.6 Å². The van der Waals surface area contributed by atoms with Gasteiger partial charge >= 0.3 is 0 Å². The monoisotopic (exact) mass is 512 g/mol. The van der Waals surface area contributed by atoms with Crippen molar-refractivity contribution >= 4 is 40.0 Å². The molecule has 1 heterocycles. The molecule has 30 heavy (non-hydrogen) atoms. The molecule has 0 saturated heterocycles. The minimum atomic E-state index is -0.311. The molecule has 1 aliphatic rings. The van der Waals surface area contributed by atoms with Crippen molar-refractivity contribution in [1.82, 2.24) is 5.32 Å². The van der Waals surface area contributed by atoms with Gasteiger partial charge in [0.2, 0.25) is 0 Å². The van der Waals surface area contributed by atoms with Crippen LogP contribution in [0.1, 0.15) is 37.4 Å². The van der Waals surface area contributed by atoms with Crippen molar-refractivity contribution in [3.05, 3.63) is 92.1 Å². The molecule has 0 spiro atoms. The average molecular weight is 512 g/mol. The molecule has 0 saturated carbocycles. The first-order valence-corrected chi connectivity index (χ1v) is 10.8. The van der Waals surface area contributed by atoms with Crippen molar-refractivity contribution in [2.45, 2.75) is 13.0 Å². The Morgan fingerprint density at radius 1 is 1.03 bits per heavy atom. The van der Waals surface area contributed by atoms with Crippen LogP contribution in [0.5, 0.6) is 5.75 Å². The summed E-state index contributed by atoms with van der Waals surface area (Å²) in [5.74, 6) is -0.0257. The van der Waals surface area contributed by atoms with E-state index in [2.05, 4.69) is 33.2 Å². The van der Waals surface area contributed by atoms with Crippen LogP contribution in [0.25, 0.3) is 0 Å². The highest BCUT2D eigenvalue weighted by Gasteiger charge is 2.19. The van der Waals surface area contributed by atoms with E-state index in [0.29, 0.717) is 22.4 Å². The number of carbonyl (C=O) groups excluding carboxylic acids is 2. The van der Waals surface area contributed by atoms with Gasteiger partial charge < -0.3 is 15.4 Å². The Hall–Kier alpha value is -2.71. The molecule has 0 fully saturated rings. The molecule has 0 aromatic heterocycles. The van der Waals surface area contributed by atoms with Crippen LogP contribution in [0.2, 0.25) is 0 Å². The molecule has 0 radical (unpaired) electrons. The molecule has 6 heteroatoms. The van der Waals surface area contributed by atoms with Crippen LogP contribution < -0.4 is 15.4 Å². The summed E-state index contributed by atoms with van der Waals surface area (Å²) in [6, 6.07) is 17.9. The quantitative estimate of drug-likeness (QED) is 0.392. The first-order valence-electron chi connectivity index (χ1n) is 9.68. The van der Waals surface area contributed by atoms with Gasteiger partial charge in [-0.05, 0) is 77.0 Å². The molecule has 0 aliphatic carbocycles. The van der Waals surface area contributed by atoms with E-state index in [-0.39, 0.29) is 11.7 Å². The molecule has 1 amide bonds. The molecule has 4 rings (SSSR count). The average Bonchev–Trinajstić information content (AvgIpc) is 2.78. The Kier molecular flexibility index (Phi) is 6.15. The van der Waals surface area contributed by atoms with Crippen molar-refractivity contribution in [3.8, 4) is 5.75 Å². The van der Waals surface area contributed by atoms with E-state index in [1.165, 1.54) is 18.2 Å². The van der Waals surface area contributed by atoms with Crippen molar-refractivity contribution in [2.24, 2.45) is 0 Å². The summed E-state index contributed by atoms with van der Waals surface area (Å²) < 4.78 is 6.52. The number of hydrogen-bond donors (Lipinski definition) is 2. The van der Waals surface area contributed by atoms with E-state index in [1.807, 2.05) is 30.3 Å². The number of rotatable bonds is 5. The van der Waals surface area contributed by atoms with Crippen molar-refractivity contribution in [3.63, 3.8) is 0 Å². The van der Waals surface area contributed by atoms with Crippen LogP contribution in [0, 0.1) is 3.57 Å². The molecular weight excluding hydrogens is 491 g/mol. The van der Waals surface area contributed by atoms with Gasteiger partial charge in [0, 0.05) is 26.9 Å². The van der Waals surface area contributed by atoms with Gasteiger partial charge in [0.05, 0.1) is 12.7 Å². The van der Waals surface area contributed by atoms with E-state index >= 15 is 0 Å². The molecule has 1 aliphatic heterocycles. The van der Waals surface area contributed by atoms with Gasteiger partial charge in [0.25, 0.3) is 5.91 Å². The van der Waals surface area contributed by atoms with Gasteiger partial charge in [0.1, 0.15) is 5.75 Å². The Morgan fingerprint density at radius 2 is 1.83 bits per heavy atom. The van der Waals surface area contributed by atoms with E-state index < -0.39 is 0 Å². The van der Waals surface area contributed by atoms with Crippen molar-refractivity contribution < 1.29 is 14.3 Å². The SMILES string of the molecule is COc1ccc(C(=O)c2ccccc2)cc1C(=O)Nc1cc(I)c2c(c1)CNCC2. The van der Waals surface area contributed by atoms with E-state index in [9.17, 15) is 9.59 Å². The maximum atomic E-state index is 13.1. The number of hydrogen-bond acceptors (Lipinski definition) is 4. The van der Waals surface area contributed by atoms with E-state index in [1.54, 1.807) is 30.3 Å². The second-order valence-electron chi connectivity index (χ2n) is 7.09. The predicted molar refractivity (Wildman–Crippen MR) is 125 cm³/mol. The molecule has 3 aromatic carbocycles. The zero-order valence-electron chi connectivity index (χ0n) is 16.5. The second kappa shape index (κ2) is 8.97. The summed E-state index contributed by atoms with van der Waals surface area (Å²) in [7, 11) is 1.51. The first-order chi connectivity index (χ1) is 14.6. The minimum Gasteiger partial charge on any atom is -0.496 e. The topological polar surface area (TPSA) is 67.4 Å². The highest BCUT2D eigenvalue weighted by atomic mass is 127. The summed E-state index contributed by atoms with van der Waals surface area (Å²) in [4.78, 5) is 25.9. The first kappa shape index (κ1) is 20.6. The lowest BCUT2D eigenvalue weighted by Gasteiger charge is -2.20. The molecule has 5 nitrogen and oxygen atoms in total. The largest absolute Gasteiger partial charge is 0.496 e. The fourth-order valence-corrected chi connectivity index (χ4v) is 4.57. The maximum Gasteiger partial charge on any atom is 0.259 e. The highest BCUT2D eigenvalue weighted by Crippen LogP contribution is 2.27. The van der Waals surface area contributed by atoms with Gasteiger partial charge in [-0.2, -0.15) is 0 Å². The molecule has 0 bridgehead atoms. The number of ether oxygens (including phenoxy) is 1. The van der Waals surface area contributed by atoms with Crippen molar-refractivity contribution in [1.29, 1.82) is 0 Å². The summed E-state index contributed by atoms with van der Waals surface area (Å²) in [6.45, 7) is 1.76. The van der Waals surface area contributed by atoms with Crippen molar-refractivity contribution in [2.75, 3.05) is 19.0 Å². The number of carbonyl (C=O) groups is 2. The van der Waals surface area contributed by atoms with E-state index in [4.69, 9.17) is 4.74 Å². The highest BCUT2D eigenvalue weighted by molar-refractivity contribution is 14.1. The lowest BCUT2D eigenvalue weighted by molar-refractivity contribution is 0.102. The zero-order valence-corrected chi connectivity index (χ0v) is 18.7. The summed E-state index contributed by atoms with van der Waals surface area (Å²) in [5, 5.41) is 6.33. The van der Waals surface area contributed by atoms with Crippen LogP contribution in [-0.2, 0) is 13.0 Å².